The van der Waals surface area contributed by atoms with E-state index in [1.165, 1.54) is 11.1 Å². The standard InChI is InChI=1S/2C22H24N4O2/c27-22(24-20-7-9-21(10-8-20)26-11-1-2-12-26)23-19-5-3-18(4-6-19)17-25-13-15-28-16-14-25;27-22(24-20-4-3-5-21(16-20)26-10-1-2-11-26)23-19-8-6-18(7-9-19)17-25-12-14-28-15-13-25/h1-12H,13-17H2,(H2,23,24,27);1-11,16H,12-15,17H2,(H2,23,24,27). The second-order valence-corrected chi connectivity index (χ2v) is 13.6. The smallest absolute Gasteiger partial charge is 0.323 e. The predicted molar refractivity (Wildman–Crippen MR) is 222 cm³/mol. The number of hydrogen-bond donors (Lipinski definition) is 4. The molecule has 2 aliphatic rings. The molecule has 2 fully saturated rings. The third-order valence-electron chi connectivity index (χ3n) is 9.48. The van der Waals surface area contributed by atoms with Gasteiger partial charge in [0, 0.05) is 98.2 Å². The van der Waals surface area contributed by atoms with Crippen LogP contribution in [-0.4, -0.2) is 83.6 Å². The Morgan fingerprint density at radius 1 is 0.446 bits per heavy atom. The molecule has 2 saturated heterocycles. The first-order chi connectivity index (χ1) is 27.5. The van der Waals surface area contributed by atoms with E-state index in [9.17, 15) is 9.59 Å². The highest BCUT2D eigenvalue weighted by Crippen LogP contribution is 2.18. The summed E-state index contributed by atoms with van der Waals surface area (Å²) in [6, 6.07) is 38.8. The lowest BCUT2D eigenvalue weighted by Crippen LogP contribution is -2.35. The van der Waals surface area contributed by atoms with Crippen molar-refractivity contribution in [3.63, 3.8) is 0 Å². The van der Waals surface area contributed by atoms with Gasteiger partial charge in [-0.1, -0.05) is 30.3 Å². The maximum absolute atomic E-state index is 12.3. The van der Waals surface area contributed by atoms with Gasteiger partial charge in [-0.15, -0.1) is 0 Å². The Kier molecular flexibility index (Phi) is 13.2. The van der Waals surface area contributed by atoms with Crippen LogP contribution in [0.4, 0.5) is 32.3 Å². The van der Waals surface area contributed by atoms with Crippen LogP contribution in [0.3, 0.4) is 0 Å². The Balaban J connectivity index is 0.000000172. The molecule has 0 atom stereocenters. The highest BCUT2D eigenvalue weighted by molar-refractivity contribution is 6.00. The fourth-order valence-corrected chi connectivity index (χ4v) is 6.48. The molecule has 0 radical (unpaired) electrons. The Morgan fingerprint density at radius 3 is 1.29 bits per heavy atom. The van der Waals surface area contributed by atoms with E-state index in [-0.39, 0.29) is 12.1 Å². The molecule has 2 aromatic heterocycles. The fourth-order valence-electron chi connectivity index (χ4n) is 6.48. The Labute approximate surface area is 327 Å². The first kappa shape index (κ1) is 38.1. The first-order valence-electron chi connectivity index (χ1n) is 18.9. The highest BCUT2D eigenvalue weighted by Gasteiger charge is 2.12. The molecular formula is C44H48N8O4. The zero-order chi connectivity index (χ0) is 38.4. The molecule has 4 heterocycles. The third-order valence-corrected chi connectivity index (χ3v) is 9.48. The van der Waals surface area contributed by atoms with Gasteiger partial charge < -0.3 is 39.9 Å². The van der Waals surface area contributed by atoms with Gasteiger partial charge in [0.25, 0.3) is 0 Å². The molecule has 0 unspecified atom stereocenters. The number of anilines is 4. The van der Waals surface area contributed by atoms with Gasteiger partial charge in [0.2, 0.25) is 0 Å². The molecule has 0 bridgehead atoms. The summed E-state index contributed by atoms with van der Waals surface area (Å²) in [7, 11) is 0. The van der Waals surface area contributed by atoms with Crippen molar-refractivity contribution in [3.05, 3.63) is 157 Å². The number of hydrogen-bond acceptors (Lipinski definition) is 6. The normalized spacial score (nSPS) is 14.6. The van der Waals surface area contributed by atoms with Crippen LogP contribution in [0, 0.1) is 0 Å². The van der Waals surface area contributed by atoms with Gasteiger partial charge in [-0.2, -0.15) is 0 Å². The van der Waals surface area contributed by atoms with Crippen molar-refractivity contribution in [2.45, 2.75) is 13.1 Å². The van der Waals surface area contributed by atoms with Crippen LogP contribution in [0.5, 0.6) is 0 Å². The molecule has 6 aromatic rings. The van der Waals surface area contributed by atoms with Crippen molar-refractivity contribution in [2.24, 2.45) is 0 Å². The van der Waals surface area contributed by atoms with Gasteiger partial charge in [0.15, 0.2) is 0 Å². The summed E-state index contributed by atoms with van der Waals surface area (Å²) in [6.45, 7) is 8.85. The average Bonchev–Trinajstić information content (AvgIpc) is 3.98. The van der Waals surface area contributed by atoms with E-state index >= 15 is 0 Å². The molecule has 4 N–H and O–H groups in total. The molecule has 288 valence electrons. The number of urea groups is 2. The van der Waals surface area contributed by atoms with E-state index in [4.69, 9.17) is 9.47 Å². The first-order valence-corrected chi connectivity index (χ1v) is 18.9. The summed E-state index contributed by atoms with van der Waals surface area (Å²) in [5.74, 6) is 0. The van der Waals surface area contributed by atoms with Gasteiger partial charge in [-0.25, -0.2) is 9.59 Å². The van der Waals surface area contributed by atoms with Crippen molar-refractivity contribution in [1.29, 1.82) is 0 Å². The van der Waals surface area contributed by atoms with Crippen LogP contribution in [0.1, 0.15) is 11.1 Å². The average molecular weight is 753 g/mol. The van der Waals surface area contributed by atoms with Gasteiger partial charge in [0.1, 0.15) is 0 Å². The van der Waals surface area contributed by atoms with Crippen LogP contribution in [0.15, 0.2) is 146 Å². The lowest BCUT2D eigenvalue weighted by molar-refractivity contribution is 0.0341. The van der Waals surface area contributed by atoms with E-state index in [0.29, 0.717) is 0 Å². The molecule has 12 heteroatoms. The predicted octanol–water partition coefficient (Wildman–Crippen LogP) is 7.91. The number of benzene rings is 4. The van der Waals surface area contributed by atoms with E-state index in [1.807, 2.05) is 131 Å². The van der Waals surface area contributed by atoms with E-state index in [1.54, 1.807) is 0 Å². The summed E-state index contributed by atoms with van der Waals surface area (Å²) in [5, 5.41) is 11.5. The topological polar surface area (TPSA) is 117 Å². The molecular weight excluding hydrogens is 705 g/mol. The Bertz CT molecular complexity index is 2090. The lowest BCUT2D eigenvalue weighted by atomic mass is 10.2. The van der Waals surface area contributed by atoms with Crippen LogP contribution >= 0.6 is 0 Å². The number of carbonyl (C=O) groups excluding carboxylic acids is 2. The number of amides is 4. The largest absolute Gasteiger partial charge is 0.379 e. The maximum atomic E-state index is 12.3. The Hall–Kier alpha value is -6.18. The molecule has 0 spiro atoms. The Morgan fingerprint density at radius 2 is 0.839 bits per heavy atom. The minimum atomic E-state index is -0.259. The molecule has 0 saturated carbocycles. The quantitative estimate of drug-likeness (QED) is 0.113. The van der Waals surface area contributed by atoms with E-state index in [2.05, 4.69) is 55.3 Å². The zero-order valence-corrected chi connectivity index (χ0v) is 31.3. The second kappa shape index (κ2) is 19.4. The van der Waals surface area contributed by atoms with Gasteiger partial charge >= 0.3 is 12.1 Å². The van der Waals surface area contributed by atoms with Crippen LogP contribution in [0.2, 0.25) is 0 Å². The van der Waals surface area contributed by atoms with Crippen molar-refractivity contribution >= 4 is 34.8 Å². The van der Waals surface area contributed by atoms with Crippen molar-refractivity contribution in [2.75, 3.05) is 73.9 Å². The minimum absolute atomic E-state index is 0.255. The molecule has 4 amide bonds. The van der Waals surface area contributed by atoms with Gasteiger partial charge in [-0.05, 0) is 102 Å². The van der Waals surface area contributed by atoms with Crippen LogP contribution < -0.4 is 21.3 Å². The summed E-state index contributed by atoms with van der Waals surface area (Å²) >= 11 is 0. The molecule has 12 nitrogen and oxygen atoms in total. The highest BCUT2D eigenvalue weighted by atomic mass is 16.5. The monoisotopic (exact) mass is 752 g/mol. The summed E-state index contributed by atoms with van der Waals surface area (Å²) in [6.07, 6.45) is 7.91. The van der Waals surface area contributed by atoms with Crippen molar-refractivity contribution < 1.29 is 19.1 Å². The molecule has 56 heavy (non-hydrogen) atoms. The summed E-state index contributed by atoms with van der Waals surface area (Å²) in [4.78, 5) is 29.3. The van der Waals surface area contributed by atoms with E-state index in [0.717, 1.165) is 99.8 Å². The minimum Gasteiger partial charge on any atom is -0.379 e. The third kappa shape index (κ3) is 11.4. The fraction of sp³-hybridized carbons (Fsp3) is 0.227. The summed E-state index contributed by atoms with van der Waals surface area (Å²) < 4.78 is 14.8. The lowest BCUT2D eigenvalue weighted by Gasteiger charge is -2.26. The van der Waals surface area contributed by atoms with E-state index < -0.39 is 0 Å². The molecule has 2 aliphatic heterocycles. The number of ether oxygens (including phenoxy) is 2. The molecule has 0 aliphatic carbocycles. The summed E-state index contributed by atoms with van der Waals surface area (Å²) in [5.41, 5.74) is 7.53. The number of morpholine rings is 2. The van der Waals surface area contributed by atoms with Crippen LogP contribution in [-0.2, 0) is 22.6 Å². The van der Waals surface area contributed by atoms with Gasteiger partial charge in [0.05, 0.1) is 26.4 Å². The number of rotatable bonds is 10. The number of nitrogens with one attached hydrogen (secondary N) is 4. The SMILES string of the molecule is O=C(Nc1ccc(CN2CCOCC2)cc1)Nc1ccc(-n2cccc2)cc1.O=C(Nc1ccc(CN2CCOCC2)cc1)Nc1cccc(-n2cccc2)c1. The van der Waals surface area contributed by atoms with Crippen LogP contribution in [0.25, 0.3) is 11.4 Å². The molecule has 8 rings (SSSR count). The van der Waals surface area contributed by atoms with Gasteiger partial charge in [-0.3, -0.25) is 9.80 Å². The number of carbonyl (C=O) groups is 2. The number of aromatic nitrogens is 2. The maximum Gasteiger partial charge on any atom is 0.323 e. The van der Waals surface area contributed by atoms with Crippen molar-refractivity contribution in [3.8, 4) is 11.4 Å². The molecule has 4 aromatic carbocycles. The zero-order valence-electron chi connectivity index (χ0n) is 31.3. The number of nitrogens with zero attached hydrogens (tertiary/aromatic N) is 4. The second-order valence-electron chi connectivity index (χ2n) is 13.6. The van der Waals surface area contributed by atoms with Crippen molar-refractivity contribution in [1.82, 2.24) is 18.9 Å².